The minimum Gasteiger partial charge on any atom is -0.494 e. The van der Waals surface area contributed by atoms with Gasteiger partial charge >= 0.3 is 5.97 Å². The Morgan fingerprint density at radius 1 is 1.28 bits per heavy atom. The predicted molar refractivity (Wildman–Crippen MR) is 88.5 cm³/mol. The Kier molecular flexibility index (Phi) is 6.54. The van der Waals surface area contributed by atoms with Gasteiger partial charge in [-0.3, -0.25) is 4.79 Å². The number of aromatic nitrogens is 1. The Hall–Kier alpha value is -2.39. The van der Waals surface area contributed by atoms with Crippen molar-refractivity contribution in [3.8, 4) is 5.75 Å². The van der Waals surface area contributed by atoms with E-state index in [2.05, 4.69) is 9.88 Å². The van der Waals surface area contributed by atoms with Crippen LogP contribution in [0.25, 0.3) is 0 Å². The fourth-order valence-corrected chi connectivity index (χ4v) is 2.99. The fourth-order valence-electron chi connectivity index (χ4n) is 1.96. The average molecular weight is 368 g/mol. The van der Waals surface area contributed by atoms with Crippen LogP contribution in [0.2, 0.25) is 0 Å². The summed E-state index contributed by atoms with van der Waals surface area (Å²) in [4.78, 5) is 11.7. The average Bonchev–Trinajstić information content (AvgIpc) is 2.99. The van der Waals surface area contributed by atoms with Crippen molar-refractivity contribution in [2.75, 3.05) is 13.2 Å². The first-order valence-corrected chi connectivity index (χ1v) is 9.19. The quantitative estimate of drug-likeness (QED) is 0.672. The number of nitrogens with one attached hydrogen (secondary N) is 1. The number of ether oxygens (including phenoxy) is 2. The molecule has 0 aliphatic rings. The van der Waals surface area contributed by atoms with Gasteiger partial charge in [-0.1, -0.05) is 5.16 Å². The van der Waals surface area contributed by atoms with Crippen molar-refractivity contribution in [2.45, 2.75) is 31.8 Å². The molecule has 1 aromatic carbocycles. The van der Waals surface area contributed by atoms with Crippen LogP contribution in [0.3, 0.4) is 0 Å². The number of sulfonamides is 1. The SMILES string of the molecule is CCOc1ccc(S(=O)(=O)NCCC(=O)OCc2cc(C)no2)cc1. The van der Waals surface area contributed by atoms with E-state index in [1.54, 1.807) is 25.1 Å². The largest absolute Gasteiger partial charge is 0.494 e. The van der Waals surface area contributed by atoms with Crippen molar-refractivity contribution in [3.63, 3.8) is 0 Å². The van der Waals surface area contributed by atoms with Gasteiger partial charge in [-0.25, -0.2) is 13.1 Å². The predicted octanol–water partition coefficient (Wildman–Crippen LogP) is 1.79. The molecule has 0 fully saturated rings. The number of hydrogen-bond donors (Lipinski definition) is 1. The van der Waals surface area contributed by atoms with Crippen molar-refractivity contribution < 1.29 is 27.2 Å². The van der Waals surface area contributed by atoms with Gasteiger partial charge in [0.15, 0.2) is 12.4 Å². The van der Waals surface area contributed by atoms with E-state index >= 15 is 0 Å². The number of aryl methyl sites for hydroxylation is 1. The highest BCUT2D eigenvalue weighted by atomic mass is 32.2. The third-order valence-electron chi connectivity index (χ3n) is 3.12. The van der Waals surface area contributed by atoms with Gasteiger partial charge in [0.2, 0.25) is 10.0 Å². The van der Waals surface area contributed by atoms with Crippen LogP contribution < -0.4 is 9.46 Å². The first kappa shape index (κ1) is 18.9. The van der Waals surface area contributed by atoms with Crippen LogP contribution in [-0.2, 0) is 26.2 Å². The van der Waals surface area contributed by atoms with Gasteiger partial charge in [-0.05, 0) is 38.1 Å². The summed E-state index contributed by atoms with van der Waals surface area (Å²) in [5.41, 5.74) is 0.689. The second-order valence-electron chi connectivity index (χ2n) is 5.15. The van der Waals surface area contributed by atoms with Gasteiger partial charge in [-0.2, -0.15) is 0 Å². The lowest BCUT2D eigenvalue weighted by Gasteiger charge is -2.08. The summed E-state index contributed by atoms with van der Waals surface area (Å²) < 4.78 is 41.8. The van der Waals surface area contributed by atoms with Crippen LogP contribution in [0, 0.1) is 6.92 Å². The second kappa shape index (κ2) is 8.63. The van der Waals surface area contributed by atoms with Crippen LogP contribution in [0.5, 0.6) is 5.75 Å². The Morgan fingerprint density at radius 2 is 2.00 bits per heavy atom. The topological polar surface area (TPSA) is 108 Å². The molecule has 0 saturated carbocycles. The Labute approximate surface area is 146 Å². The molecule has 0 saturated heterocycles. The van der Waals surface area contributed by atoms with E-state index in [0.29, 0.717) is 23.8 Å². The minimum absolute atomic E-state index is 0.0364. The highest BCUT2D eigenvalue weighted by molar-refractivity contribution is 7.89. The van der Waals surface area contributed by atoms with Crippen molar-refractivity contribution in [1.82, 2.24) is 9.88 Å². The molecule has 136 valence electrons. The number of nitrogens with zero attached hydrogens (tertiary/aromatic N) is 1. The molecule has 0 spiro atoms. The molecule has 0 bridgehead atoms. The standard InChI is InChI=1S/C16H20N2O6S/c1-3-22-13-4-6-15(7-5-13)25(20,21)17-9-8-16(19)23-11-14-10-12(2)18-24-14/h4-7,10,17H,3,8-9,11H2,1-2H3. The zero-order chi connectivity index (χ0) is 18.3. The zero-order valence-corrected chi connectivity index (χ0v) is 14.8. The first-order chi connectivity index (χ1) is 11.9. The minimum atomic E-state index is -3.69. The number of hydrogen-bond acceptors (Lipinski definition) is 7. The van der Waals surface area contributed by atoms with E-state index in [9.17, 15) is 13.2 Å². The summed E-state index contributed by atoms with van der Waals surface area (Å²) in [6, 6.07) is 7.69. The maximum atomic E-state index is 12.1. The lowest BCUT2D eigenvalue weighted by atomic mass is 10.3. The number of carbonyl (C=O) groups excluding carboxylic acids is 1. The van der Waals surface area contributed by atoms with E-state index in [-0.39, 0.29) is 24.5 Å². The molecule has 0 amide bonds. The molecular formula is C16H20N2O6S. The van der Waals surface area contributed by atoms with Crippen LogP contribution in [-0.4, -0.2) is 32.7 Å². The Balaban J connectivity index is 1.78. The maximum Gasteiger partial charge on any atom is 0.307 e. The molecule has 0 radical (unpaired) electrons. The molecular weight excluding hydrogens is 348 g/mol. The number of benzene rings is 1. The smallest absolute Gasteiger partial charge is 0.307 e. The molecule has 9 heteroatoms. The van der Waals surface area contributed by atoms with Gasteiger partial charge in [0.05, 0.1) is 23.6 Å². The monoisotopic (exact) mass is 368 g/mol. The third kappa shape index (κ3) is 5.87. The summed E-state index contributed by atoms with van der Waals surface area (Å²) in [6.07, 6.45) is -0.0939. The maximum absolute atomic E-state index is 12.1. The van der Waals surface area contributed by atoms with Gasteiger partial charge in [0.1, 0.15) is 5.75 Å². The molecule has 0 atom stereocenters. The molecule has 0 aliphatic heterocycles. The van der Waals surface area contributed by atoms with Gasteiger partial charge in [0.25, 0.3) is 0 Å². The van der Waals surface area contributed by atoms with Crippen molar-refractivity contribution in [2.24, 2.45) is 0 Å². The lowest BCUT2D eigenvalue weighted by Crippen LogP contribution is -2.26. The summed E-state index contributed by atoms with van der Waals surface area (Å²) >= 11 is 0. The number of carbonyl (C=O) groups is 1. The van der Waals surface area contributed by atoms with E-state index in [1.807, 2.05) is 6.92 Å². The molecule has 0 unspecified atom stereocenters. The highest BCUT2D eigenvalue weighted by Gasteiger charge is 2.15. The van der Waals surface area contributed by atoms with Crippen molar-refractivity contribution in [3.05, 3.63) is 41.8 Å². The van der Waals surface area contributed by atoms with E-state index in [0.717, 1.165) is 0 Å². The molecule has 1 N–H and O–H groups in total. The van der Waals surface area contributed by atoms with Crippen LogP contribution in [0.4, 0.5) is 0 Å². The van der Waals surface area contributed by atoms with E-state index in [1.165, 1.54) is 12.1 Å². The van der Waals surface area contributed by atoms with Gasteiger partial charge < -0.3 is 14.0 Å². The summed E-state index contributed by atoms with van der Waals surface area (Å²) in [5, 5.41) is 3.67. The summed E-state index contributed by atoms with van der Waals surface area (Å²) in [5.74, 6) is 0.483. The highest BCUT2D eigenvalue weighted by Crippen LogP contribution is 2.15. The lowest BCUT2D eigenvalue weighted by molar-refractivity contribution is -0.145. The Morgan fingerprint density at radius 3 is 2.60 bits per heavy atom. The summed E-state index contributed by atoms with van der Waals surface area (Å²) in [7, 11) is -3.69. The van der Waals surface area contributed by atoms with Crippen LogP contribution in [0.15, 0.2) is 39.8 Å². The normalized spacial score (nSPS) is 11.3. The molecule has 8 nitrogen and oxygen atoms in total. The third-order valence-corrected chi connectivity index (χ3v) is 4.60. The van der Waals surface area contributed by atoms with Crippen LogP contribution >= 0.6 is 0 Å². The molecule has 1 heterocycles. The fraction of sp³-hybridized carbons (Fsp3) is 0.375. The van der Waals surface area contributed by atoms with Crippen LogP contribution in [0.1, 0.15) is 24.8 Å². The molecule has 25 heavy (non-hydrogen) atoms. The molecule has 1 aromatic heterocycles. The van der Waals surface area contributed by atoms with Gasteiger partial charge in [-0.15, -0.1) is 0 Å². The van der Waals surface area contributed by atoms with Crippen molar-refractivity contribution >= 4 is 16.0 Å². The Bertz CT molecular complexity index is 798. The first-order valence-electron chi connectivity index (χ1n) is 7.71. The van der Waals surface area contributed by atoms with Crippen molar-refractivity contribution in [1.29, 1.82) is 0 Å². The summed E-state index contributed by atoms with van der Waals surface area (Å²) in [6.45, 7) is 3.99. The zero-order valence-electron chi connectivity index (χ0n) is 14.0. The number of rotatable bonds is 9. The van der Waals surface area contributed by atoms with E-state index < -0.39 is 16.0 Å². The number of esters is 1. The molecule has 2 rings (SSSR count). The molecule has 2 aromatic rings. The second-order valence-corrected chi connectivity index (χ2v) is 6.91. The molecule has 0 aliphatic carbocycles. The van der Waals surface area contributed by atoms with E-state index in [4.69, 9.17) is 14.0 Å². The van der Waals surface area contributed by atoms with Gasteiger partial charge in [0, 0.05) is 12.6 Å².